The monoisotopic (exact) mass is 433 g/mol. The van der Waals surface area contributed by atoms with Gasteiger partial charge in [0.05, 0.1) is 6.04 Å². The number of H-pyrrole nitrogens is 1. The SMILES string of the molecule is NC(C=O)CCC(=O)NC(Cc1c[nH]c2ccccc12)C(=O)Oc1ccc2c(c1)CCC2. The molecule has 1 amide bonds. The molecule has 0 spiro atoms. The second-order valence-corrected chi connectivity index (χ2v) is 8.23. The molecule has 7 nitrogen and oxygen atoms in total. The van der Waals surface area contributed by atoms with Gasteiger partial charge in [0.2, 0.25) is 5.91 Å². The third kappa shape index (κ3) is 5.06. The summed E-state index contributed by atoms with van der Waals surface area (Å²) < 4.78 is 5.67. The number of carbonyl (C=O) groups is 3. The number of aldehydes is 1. The zero-order chi connectivity index (χ0) is 22.5. The van der Waals surface area contributed by atoms with E-state index in [0.29, 0.717) is 12.0 Å². The van der Waals surface area contributed by atoms with E-state index >= 15 is 0 Å². The molecular formula is C25H27N3O4. The molecular weight excluding hydrogens is 406 g/mol. The summed E-state index contributed by atoms with van der Waals surface area (Å²) in [5.41, 5.74) is 9.94. The Kier molecular flexibility index (Phi) is 6.66. The van der Waals surface area contributed by atoms with Gasteiger partial charge in [-0.25, -0.2) is 4.79 Å². The minimum absolute atomic E-state index is 0.0520. The second-order valence-electron chi connectivity index (χ2n) is 8.23. The lowest BCUT2D eigenvalue weighted by molar-refractivity contribution is -0.139. The van der Waals surface area contributed by atoms with Gasteiger partial charge >= 0.3 is 5.97 Å². The van der Waals surface area contributed by atoms with Crippen LogP contribution >= 0.6 is 0 Å². The van der Waals surface area contributed by atoms with Crippen molar-refractivity contribution in [2.75, 3.05) is 0 Å². The number of esters is 1. The summed E-state index contributed by atoms with van der Waals surface area (Å²) in [6.45, 7) is 0. The number of aryl methyl sites for hydroxylation is 2. The van der Waals surface area contributed by atoms with E-state index in [9.17, 15) is 14.4 Å². The maximum absolute atomic E-state index is 13.1. The van der Waals surface area contributed by atoms with E-state index in [4.69, 9.17) is 10.5 Å². The van der Waals surface area contributed by atoms with E-state index in [1.54, 1.807) is 6.07 Å². The van der Waals surface area contributed by atoms with Crippen molar-refractivity contribution in [3.63, 3.8) is 0 Å². The fourth-order valence-corrected chi connectivity index (χ4v) is 4.14. The smallest absolute Gasteiger partial charge is 0.334 e. The summed E-state index contributed by atoms with van der Waals surface area (Å²) in [4.78, 5) is 39.5. The Morgan fingerprint density at radius 2 is 1.97 bits per heavy atom. The van der Waals surface area contributed by atoms with Crippen molar-refractivity contribution in [2.45, 2.75) is 50.6 Å². The van der Waals surface area contributed by atoms with Gasteiger partial charge in [-0.2, -0.15) is 0 Å². The maximum atomic E-state index is 13.1. The highest BCUT2D eigenvalue weighted by Gasteiger charge is 2.25. The fourth-order valence-electron chi connectivity index (χ4n) is 4.14. The lowest BCUT2D eigenvalue weighted by Gasteiger charge is -2.18. The largest absolute Gasteiger partial charge is 0.425 e. The van der Waals surface area contributed by atoms with Crippen LogP contribution in [0.2, 0.25) is 0 Å². The van der Waals surface area contributed by atoms with Crippen LogP contribution in [0.3, 0.4) is 0 Å². The summed E-state index contributed by atoms with van der Waals surface area (Å²) in [6.07, 6.45) is 6.13. The lowest BCUT2D eigenvalue weighted by atomic mass is 10.0. The second kappa shape index (κ2) is 9.78. The highest BCUT2D eigenvalue weighted by atomic mass is 16.5. The van der Waals surface area contributed by atoms with Crippen LogP contribution in [0.1, 0.15) is 36.0 Å². The van der Waals surface area contributed by atoms with Crippen molar-refractivity contribution in [3.05, 3.63) is 65.4 Å². The average Bonchev–Trinajstić information content (AvgIpc) is 3.43. The van der Waals surface area contributed by atoms with Crippen molar-refractivity contribution < 1.29 is 19.1 Å². The number of fused-ring (bicyclic) bond motifs is 2. The van der Waals surface area contributed by atoms with Gasteiger partial charge in [0.25, 0.3) is 0 Å². The summed E-state index contributed by atoms with van der Waals surface area (Å²) >= 11 is 0. The number of hydrogen-bond acceptors (Lipinski definition) is 5. The molecule has 1 heterocycles. The number of carbonyl (C=O) groups excluding carboxylic acids is 3. The topological polar surface area (TPSA) is 114 Å². The number of nitrogens with two attached hydrogens (primary N) is 1. The molecule has 0 bridgehead atoms. The average molecular weight is 434 g/mol. The van der Waals surface area contributed by atoms with Crippen LogP contribution in [0.5, 0.6) is 5.75 Å². The summed E-state index contributed by atoms with van der Waals surface area (Å²) in [5, 5.41) is 3.76. The first kappa shape index (κ1) is 21.8. The predicted molar refractivity (Wildman–Crippen MR) is 121 cm³/mol. The molecule has 4 rings (SSSR count). The summed E-state index contributed by atoms with van der Waals surface area (Å²) in [6, 6.07) is 11.9. The minimum atomic E-state index is -0.873. The molecule has 2 aromatic carbocycles. The van der Waals surface area contributed by atoms with Gasteiger partial charge in [-0.15, -0.1) is 0 Å². The fraction of sp³-hybridized carbons (Fsp3) is 0.320. The Morgan fingerprint density at radius 1 is 1.16 bits per heavy atom. The van der Waals surface area contributed by atoms with Crippen LogP contribution in [-0.2, 0) is 33.6 Å². The molecule has 7 heteroatoms. The van der Waals surface area contributed by atoms with Crippen LogP contribution in [0.15, 0.2) is 48.7 Å². The number of rotatable bonds is 9. The van der Waals surface area contributed by atoms with Crippen molar-refractivity contribution in [2.24, 2.45) is 5.73 Å². The number of aromatic nitrogens is 1. The number of aromatic amines is 1. The number of ether oxygens (including phenoxy) is 1. The number of hydrogen-bond donors (Lipinski definition) is 3. The van der Waals surface area contributed by atoms with E-state index in [-0.39, 0.29) is 25.2 Å². The Hall–Kier alpha value is -3.45. The normalized spacial score (nSPS) is 14.5. The van der Waals surface area contributed by atoms with Gasteiger partial charge in [0.1, 0.15) is 18.1 Å². The third-order valence-corrected chi connectivity index (χ3v) is 5.89. The first-order chi connectivity index (χ1) is 15.5. The first-order valence-corrected chi connectivity index (χ1v) is 10.9. The van der Waals surface area contributed by atoms with Crippen LogP contribution in [0, 0.1) is 0 Å². The molecule has 166 valence electrons. The van der Waals surface area contributed by atoms with E-state index in [1.165, 1.54) is 11.1 Å². The van der Waals surface area contributed by atoms with Crippen LogP contribution in [-0.4, -0.2) is 35.2 Å². The molecule has 2 atom stereocenters. The predicted octanol–water partition coefficient (Wildman–Crippen LogP) is 2.60. The van der Waals surface area contributed by atoms with Gasteiger partial charge < -0.3 is 25.6 Å². The standard InChI is InChI=1S/C25H27N3O4/c26-19(15-29)9-11-24(30)28-23(13-18-14-27-22-7-2-1-6-21(18)22)25(31)32-20-10-8-16-4-3-5-17(16)12-20/h1-2,6-8,10,12,14-15,19,23,27H,3-5,9,11,13,26H2,(H,28,30). The highest BCUT2D eigenvalue weighted by Crippen LogP contribution is 2.26. The van der Waals surface area contributed by atoms with Gasteiger partial charge in [0, 0.05) is 29.9 Å². The summed E-state index contributed by atoms with van der Waals surface area (Å²) in [5.74, 6) is -0.392. The minimum Gasteiger partial charge on any atom is -0.425 e. The van der Waals surface area contributed by atoms with Crippen molar-refractivity contribution in [3.8, 4) is 5.75 Å². The van der Waals surface area contributed by atoms with Crippen molar-refractivity contribution in [1.82, 2.24) is 10.3 Å². The van der Waals surface area contributed by atoms with Crippen molar-refractivity contribution in [1.29, 1.82) is 0 Å². The van der Waals surface area contributed by atoms with Crippen molar-refractivity contribution >= 4 is 29.1 Å². The Balaban J connectivity index is 1.51. The zero-order valence-electron chi connectivity index (χ0n) is 17.8. The van der Waals surface area contributed by atoms with Gasteiger partial charge in [-0.1, -0.05) is 24.3 Å². The van der Waals surface area contributed by atoms with Crippen LogP contribution in [0.4, 0.5) is 0 Å². The lowest BCUT2D eigenvalue weighted by Crippen LogP contribution is -2.44. The molecule has 0 saturated heterocycles. The molecule has 4 N–H and O–H groups in total. The molecule has 0 saturated carbocycles. The number of nitrogens with one attached hydrogen (secondary N) is 2. The van der Waals surface area contributed by atoms with E-state index in [1.807, 2.05) is 42.6 Å². The molecule has 1 aliphatic rings. The van der Waals surface area contributed by atoms with E-state index in [0.717, 1.165) is 35.7 Å². The molecule has 1 aliphatic carbocycles. The molecule has 1 aromatic heterocycles. The maximum Gasteiger partial charge on any atom is 0.334 e. The van der Waals surface area contributed by atoms with Crippen LogP contribution in [0.25, 0.3) is 10.9 Å². The molecule has 0 radical (unpaired) electrons. The molecule has 0 fully saturated rings. The first-order valence-electron chi connectivity index (χ1n) is 10.9. The Bertz CT molecular complexity index is 1140. The number of benzene rings is 2. The van der Waals surface area contributed by atoms with E-state index in [2.05, 4.69) is 10.3 Å². The molecule has 32 heavy (non-hydrogen) atoms. The Labute approximate surface area is 186 Å². The quantitative estimate of drug-likeness (QED) is 0.273. The summed E-state index contributed by atoms with van der Waals surface area (Å²) in [7, 11) is 0. The number of amides is 1. The third-order valence-electron chi connectivity index (χ3n) is 5.89. The Morgan fingerprint density at radius 3 is 2.81 bits per heavy atom. The number of para-hydroxylation sites is 1. The molecule has 3 aromatic rings. The molecule has 0 aliphatic heterocycles. The van der Waals surface area contributed by atoms with E-state index < -0.39 is 18.1 Å². The van der Waals surface area contributed by atoms with Gasteiger partial charge in [-0.05, 0) is 60.6 Å². The van der Waals surface area contributed by atoms with Gasteiger partial charge in [-0.3, -0.25) is 4.79 Å². The highest BCUT2D eigenvalue weighted by molar-refractivity contribution is 5.88. The zero-order valence-corrected chi connectivity index (χ0v) is 17.8. The van der Waals surface area contributed by atoms with Gasteiger partial charge in [0.15, 0.2) is 0 Å². The molecule has 2 unspecified atom stereocenters. The van der Waals surface area contributed by atoms with Crippen LogP contribution < -0.4 is 15.8 Å².